The SMILES string of the molecule is COc1c(CNC2CC2)c(C)nn1C.Cl. The van der Waals surface area contributed by atoms with Crippen molar-refractivity contribution in [3.63, 3.8) is 0 Å². The Hall–Kier alpha value is -0.740. The van der Waals surface area contributed by atoms with Crippen LogP contribution in [0, 0.1) is 6.92 Å². The number of hydrogen-bond donors (Lipinski definition) is 1. The predicted octanol–water partition coefficient (Wildman–Crippen LogP) is 1.41. The zero-order chi connectivity index (χ0) is 10.1. The standard InChI is InChI=1S/C10H17N3O.ClH/c1-7-9(6-11-8-4-5-8)10(14-3)13(2)12-7;/h8,11H,4-6H2,1-3H3;1H. The van der Waals surface area contributed by atoms with Crippen LogP contribution in [0.4, 0.5) is 0 Å². The van der Waals surface area contributed by atoms with Gasteiger partial charge in [-0.05, 0) is 19.8 Å². The van der Waals surface area contributed by atoms with Gasteiger partial charge in [0, 0.05) is 19.6 Å². The van der Waals surface area contributed by atoms with Crippen molar-refractivity contribution in [2.45, 2.75) is 32.4 Å². The van der Waals surface area contributed by atoms with Crippen molar-refractivity contribution in [3.8, 4) is 5.88 Å². The molecule has 0 amide bonds. The van der Waals surface area contributed by atoms with E-state index < -0.39 is 0 Å². The van der Waals surface area contributed by atoms with E-state index in [1.807, 2.05) is 14.0 Å². The molecular formula is C10H18ClN3O. The molecule has 1 N–H and O–H groups in total. The number of nitrogens with zero attached hydrogens (tertiary/aromatic N) is 2. The summed E-state index contributed by atoms with van der Waals surface area (Å²) in [6, 6.07) is 0.722. The Kier molecular flexibility index (Phi) is 3.99. The first kappa shape index (κ1) is 12.3. The molecule has 0 spiro atoms. The fraction of sp³-hybridized carbons (Fsp3) is 0.700. The van der Waals surface area contributed by atoms with E-state index in [1.54, 1.807) is 11.8 Å². The Morgan fingerprint density at radius 3 is 2.73 bits per heavy atom. The maximum absolute atomic E-state index is 5.31. The van der Waals surface area contributed by atoms with E-state index in [1.165, 1.54) is 18.4 Å². The highest BCUT2D eigenvalue weighted by atomic mass is 35.5. The van der Waals surface area contributed by atoms with Crippen LogP contribution in [0.25, 0.3) is 0 Å². The minimum absolute atomic E-state index is 0. The molecule has 0 radical (unpaired) electrons. The van der Waals surface area contributed by atoms with Gasteiger partial charge in [-0.1, -0.05) is 0 Å². The fourth-order valence-corrected chi connectivity index (χ4v) is 1.67. The Morgan fingerprint density at radius 1 is 1.53 bits per heavy atom. The lowest BCUT2D eigenvalue weighted by Gasteiger charge is -2.05. The third-order valence-electron chi connectivity index (χ3n) is 2.63. The smallest absolute Gasteiger partial charge is 0.216 e. The van der Waals surface area contributed by atoms with Gasteiger partial charge in [0.1, 0.15) is 0 Å². The van der Waals surface area contributed by atoms with Crippen molar-refractivity contribution >= 4 is 12.4 Å². The summed E-state index contributed by atoms with van der Waals surface area (Å²) in [6.45, 7) is 2.89. The van der Waals surface area contributed by atoms with E-state index in [2.05, 4.69) is 10.4 Å². The molecule has 5 heteroatoms. The number of ether oxygens (including phenoxy) is 1. The summed E-state index contributed by atoms with van der Waals surface area (Å²) in [5.41, 5.74) is 2.24. The topological polar surface area (TPSA) is 39.1 Å². The minimum Gasteiger partial charge on any atom is -0.481 e. The second kappa shape index (κ2) is 4.86. The van der Waals surface area contributed by atoms with Crippen LogP contribution in [-0.4, -0.2) is 22.9 Å². The molecule has 2 rings (SSSR count). The molecule has 1 fully saturated rings. The van der Waals surface area contributed by atoms with Gasteiger partial charge in [-0.15, -0.1) is 12.4 Å². The molecule has 0 saturated heterocycles. The highest BCUT2D eigenvalue weighted by molar-refractivity contribution is 5.85. The van der Waals surface area contributed by atoms with Gasteiger partial charge in [0.2, 0.25) is 5.88 Å². The van der Waals surface area contributed by atoms with Gasteiger partial charge in [-0.3, -0.25) is 0 Å². The molecule has 0 bridgehead atoms. The van der Waals surface area contributed by atoms with Crippen molar-refractivity contribution in [3.05, 3.63) is 11.3 Å². The quantitative estimate of drug-likeness (QED) is 0.852. The van der Waals surface area contributed by atoms with Crippen molar-refractivity contribution in [1.82, 2.24) is 15.1 Å². The molecule has 15 heavy (non-hydrogen) atoms. The number of halogens is 1. The summed E-state index contributed by atoms with van der Waals surface area (Å²) in [5, 5.41) is 7.80. The highest BCUT2D eigenvalue weighted by Crippen LogP contribution is 2.24. The molecule has 86 valence electrons. The summed E-state index contributed by atoms with van der Waals surface area (Å²) in [4.78, 5) is 0. The summed E-state index contributed by atoms with van der Waals surface area (Å²) < 4.78 is 7.10. The molecule has 0 aliphatic heterocycles. The van der Waals surface area contributed by atoms with Crippen LogP contribution in [-0.2, 0) is 13.6 Å². The average Bonchev–Trinajstić information content (AvgIpc) is 2.91. The third-order valence-corrected chi connectivity index (χ3v) is 2.63. The van der Waals surface area contributed by atoms with E-state index in [-0.39, 0.29) is 12.4 Å². The van der Waals surface area contributed by atoms with Crippen LogP contribution in [0.5, 0.6) is 5.88 Å². The molecule has 1 saturated carbocycles. The third kappa shape index (κ3) is 2.63. The van der Waals surface area contributed by atoms with Gasteiger partial charge in [0.25, 0.3) is 0 Å². The average molecular weight is 232 g/mol. The summed E-state index contributed by atoms with van der Waals surface area (Å²) in [7, 11) is 3.60. The number of aromatic nitrogens is 2. The Labute approximate surface area is 96.4 Å². The molecule has 1 heterocycles. The normalized spacial score (nSPS) is 14.9. The first-order chi connectivity index (χ1) is 6.72. The van der Waals surface area contributed by atoms with Gasteiger partial charge in [-0.25, -0.2) is 4.68 Å². The van der Waals surface area contributed by atoms with Crippen molar-refractivity contribution in [2.75, 3.05) is 7.11 Å². The molecule has 0 atom stereocenters. The summed E-state index contributed by atoms with van der Waals surface area (Å²) in [5.74, 6) is 0.871. The molecular weight excluding hydrogens is 214 g/mol. The van der Waals surface area contributed by atoms with Crippen molar-refractivity contribution in [2.24, 2.45) is 7.05 Å². The van der Waals surface area contributed by atoms with E-state index in [4.69, 9.17) is 4.74 Å². The number of methoxy groups -OCH3 is 1. The maximum atomic E-state index is 5.31. The first-order valence-corrected chi connectivity index (χ1v) is 5.02. The van der Waals surface area contributed by atoms with Crippen LogP contribution in [0.2, 0.25) is 0 Å². The van der Waals surface area contributed by atoms with Gasteiger partial charge in [0.05, 0.1) is 18.4 Å². The van der Waals surface area contributed by atoms with E-state index >= 15 is 0 Å². The second-order valence-electron chi connectivity index (χ2n) is 3.85. The van der Waals surface area contributed by atoms with Gasteiger partial charge in [0.15, 0.2) is 0 Å². The molecule has 4 nitrogen and oxygen atoms in total. The Morgan fingerprint density at radius 2 is 2.20 bits per heavy atom. The summed E-state index contributed by atoms with van der Waals surface area (Å²) >= 11 is 0. The zero-order valence-electron chi connectivity index (χ0n) is 9.41. The largest absolute Gasteiger partial charge is 0.481 e. The van der Waals surface area contributed by atoms with Crippen LogP contribution in [0.1, 0.15) is 24.1 Å². The van der Waals surface area contributed by atoms with Crippen molar-refractivity contribution < 1.29 is 4.74 Å². The molecule has 1 aromatic heterocycles. The molecule has 1 aliphatic rings. The lowest BCUT2D eigenvalue weighted by Crippen LogP contribution is -2.16. The van der Waals surface area contributed by atoms with Crippen LogP contribution in [0.15, 0.2) is 0 Å². The number of nitrogens with one attached hydrogen (secondary N) is 1. The van der Waals surface area contributed by atoms with Gasteiger partial charge < -0.3 is 10.1 Å². The molecule has 1 aromatic rings. The highest BCUT2D eigenvalue weighted by Gasteiger charge is 2.22. The van der Waals surface area contributed by atoms with E-state index in [0.717, 1.165) is 24.2 Å². The fourth-order valence-electron chi connectivity index (χ4n) is 1.67. The lowest BCUT2D eigenvalue weighted by atomic mass is 10.2. The number of aryl methyl sites for hydroxylation is 2. The minimum atomic E-state index is 0. The first-order valence-electron chi connectivity index (χ1n) is 5.02. The lowest BCUT2D eigenvalue weighted by molar-refractivity contribution is 0.368. The molecule has 1 aliphatic carbocycles. The molecule has 0 unspecified atom stereocenters. The van der Waals surface area contributed by atoms with Gasteiger partial charge in [-0.2, -0.15) is 5.10 Å². The number of hydrogen-bond acceptors (Lipinski definition) is 3. The van der Waals surface area contributed by atoms with Crippen LogP contribution < -0.4 is 10.1 Å². The monoisotopic (exact) mass is 231 g/mol. The van der Waals surface area contributed by atoms with Crippen LogP contribution in [0.3, 0.4) is 0 Å². The van der Waals surface area contributed by atoms with Crippen LogP contribution >= 0.6 is 12.4 Å². The van der Waals surface area contributed by atoms with E-state index in [0.29, 0.717) is 0 Å². The predicted molar refractivity (Wildman–Crippen MR) is 61.6 cm³/mol. The second-order valence-corrected chi connectivity index (χ2v) is 3.85. The van der Waals surface area contributed by atoms with E-state index in [9.17, 15) is 0 Å². The maximum Gasteiger partial charge on any atom is 0.216 e. The number of rotatable bonds is 4. The zero-order valence-corrected chi connectivity index (χ0v) is 10.2. The Balaban J connectivity index is 0.00000112. The summed E-state index contributed by atoms with van der Waals surface area (Å²) in [6.07, 6.45) is 2.61. The Bertz CT molecular complexity index is 334. The molecule has 0 aromatic carbocycles. The van der Waals surface area contributed by atoms with Gasteiger partial charge >= 0.3 is 0 Å². The van der Waals surface area contributed by atoms with Crippen molar-refractivity contribution in [1.29, 1.82) is 0 Å².